The Morgan fingerprint density at radius 1 is 1.35 bits per heavy atom. The monoisotopic (exact) mass is 276 g/mol. The van der Waals surface area contributed by atoms with Crippen molar-refractivity contribution >= 4 is 17.3 Å². The number of nitrogens with two attached hydrogens (primary N) is 1. The number of rotatable bonds is 5. The van der Waals surface area contributed by atoms with Gasteiger partial charge in [-0.3, -0.25) is 4.79 Å². The Balaban J connectivity index is 1.70. The number of benzene rings is 1. The summed E-state index contributed by atoms with van der Waals surface area (Å²) in [5.41, 5.74) is 8.23. The molecule has 1 aromatic rings. The van der Waals surface area contributed by atoms with Crippen molar-refractivity contribution in [1.29, 1.82) is 0 Å². The molecule has 4 nitrogen and oxygen atoms in total. The van der Waals surface area contributed by atoms with Crippen molar-refractivity contribution in [2.24, 2.45) is 5.92 Å². The van der Waals surface area contributed by atoms with Gasteiger partial charge in [0.2, 0.25) is 5.91 Å². The minimum atomic E-state index is -0.121. The van der Waals surface area contributed by atoms with Gasteiger partial charge >= 0.3 is 0 Å². The second-order valence-electron chi connectivity index (χ2n) is 5.64. The van der Waals surface area contributed by atoms with Gasteiger partial charge in [0.05, 0.1) is 6.61 Å². The first kappa shape index (κ1) is 14.9. The molecule has 0 saturated heterocycles. The van der Waals surface area contributed by atoms with Crippen LogP contribution in [0.15, 0.2) is 18.2 Å². The molecule has 2 rings (SSSR count). The Kier molecular flexibility index (Phi) is 5.41. The lowest BCUT2D eigenvalue weighted by molar-refractivity contribution is -0.121. The third-order valence-corrected chi connectivity index (χ3v) is 3.87. The minimum Gasteiger partial charge on any atom is -0.398 e. The van der Waals surface area contributed by atoms with E-state index < -0.39 is 0 Å². The Bertz CT molecular complexity index is 454. The molecule has 3 N–H and O–H groups in total. The SMILES string of the molecule is Cc1ccc(NC(=O)COCC2CCCCC2)cc1N. The average Bonchev–Trinajstić information content (AvgIpc) is 2.44. The molecule has 20 heavy (non-hydrogen) atoms. The number of carbonyl (C=O) groups excluding carboxylic acids is 1. The van der Waals surface area contributed by atoms with E-state index in [2.05, 4.69) is 5.32 Å². The number of hydrogen-bond donors (Lipinski definition) is 2. The summed E-state index contributed by atoms with van der Waals surface area (Å²) in [6.07, 6.45) is 6.39. The first-order chi connectivity index (χ1) is 9.65. The number of anilines is 2. The molecule has 1 aromatic carbocycles. The summed E-state index contributed by atoms with van der Waals surface area (Å²) in [4.78, 5) is 11.8. The fourth-order valence-electron chi connectivity index (χ4n) is 2.59. The molecule has 0 atom stereocenters. The Labute approximate surface area is 120 Å². The summed E-state index contributed by atoms with van der Waals surface area (Å²) in [5.74, 6) is 0.510. The van der Waals surface area contributed by atoms with Gasteiger partial charge in [0.15, 0.2) is 0 Å². The van der Waals surface area contributed by atoms with Gasteiger partial charge in [0, 0.05) is 11.4 Å². The summed E-state index contributed by atoms with van der Waals surface area (Å²) in [7, 11) is 0. The normalized spacial score (nSPS) is 16.1. The Morgan fingerprint density at radius 3 is 2.80 bits per heavy atom. The van der Waals surface area contributed by atoms with Gasteiger partial charge in [0.25, 0.3) is 0 Å². The van der Waals surface area contributed by atoms with Gasteiger partial charge in [-0.1, -0.05) is 25.3 Å². The van der Waals surface area contributed by atoms with Crippen molar-refractivity contribution < 1.29 is 9.53 Å². The van der Waals surface area contributed by atoms with Crippen molar-refractivity contribution in [3.63, 3.8) is 0 Å². The third kappa shape index (κ3) is 4.53. The second kappa shape index (κ2) is 7.29. The molecular formula is C16H24N2O2. The number of hydrogen-bond acceptors (Lipinski definition) is 3. The molecule has 1 amide bonds. The Morgan fingerprint density at radius 2 is 2.10 bits per heavy atom. The molecule has 0 aromatic heterocycles. The highest BCUT2D eigenvalue weighted by Gasteiger charge is 2.14. The van der Waals surface area contributed by atoms with Gasteiger partial charge < -0.3 is 15.8 Å². The first-order valence-corrected chi connectivity index (χ1v) is 7.39. The van der Waals surface area contributed by atoms with E-state index in [1.807, 2.05) is 19.1 Å². The maximum Gasteiger partial charge on any atom is 0.250 e. The van der Waals surface area contributed by atoms with Gasteiger partial charge in [-0.2, -0.15) is 0 Å². The number of nitrogen functional groups attached to an aromatic ring is 1. The second-order valence-corrected chi connectivity index (χ2v) is 5.64. The quantitative estimate of drug-likeness (QED) is 0.812. The first-order valence-electron chi connectivity index (χ1n) is 7.39. The highest BCUT2D eigenvalue weighted by molar-refractivity contribution is 5.92. The predicted octanol–water partition coefficient (Wildman–Crippen LogP) is 3.11. The third-order valence-electron chi connectivity index (χ3n) is 3.87. The maximum absolute atomic E-state index is 11.8. The lowest BCUT2D eigenvalue weighted by Gasteiger charge is -2.21. The van der Waals surface area contributed by atoms with E-state index in [0.29, 0.717) is 18.2 Å². The molecule has 0 radical (unpaired) electrons. The number of amides is 1. The zero-order valence-electron chi connectivity index (χ0n) is 12.2. The number of nitrogens with one attached hydrogen (secondary N) is 1. The zero-order valence-corrected chi connectivity index (χ0v) is 12.2. The smallest absolute Gasteiger partial charge is 0.250 e. The molecule has 0 unspecified atom stereocenters. The fraction of sp³-hybridized carbons (Fsp3) is 0.562. The van der Waals surface area contributed by atoms with E-state index in [-0.39, 0.29) is 12.5 Å². The molecule has 1 saturated carbocycles. The highest BCUT2D eigenvalue weighted by atomic mass is 16.5. The van der Waals surface area contributed by atoms with Gasteiger partial charge in [-0.05, 0) is 43.4 Å². The van der Waals surface area contributed by atoms with Crippen LogP contribution in [0.4, 0.5) is 11.4 Å². The molecule has 0 spiro atoms. The largest absolute Gasteiger partial charge is 0.398 e. The molecule has 0 heterocycles. The van der Waals surface area contributed by atoms with Gasteiger partial charge in [-0.15, -0.1) is 0 Å². The van der Waals surface area contributed by atoms with Crippen molar-refractivity contribution in [2.75, 3.05) is 24.3 Å². The average molecular weight is 276 g/mol. The van der Waals surface area contributed by atoms with E-state index in [1.165, 1.54) is 32.1 Å². The summed E-state index contributed by atoms with van der Waals surface area (Å²) >= 11 is 0. The van der Waals surface area contributed by atoms with Crippen molar-refractivity contribution in [3.05, 3.63) is 23.8 Å². The van der Waals surface area contributed by atoms with Gasteiger partial charge in [-0.25, -0.2) is 0 Å². The topological polar surface area (TPSA) is 64.3 Å². The van der Waals surface area contributed by atoms with Gasteiger partial charge in [0.1, 0.15) is 6.61 Å². The predicted molar refractivity (Wildman–Crippen MR) is 81.6 cm³/mol. The molecule has 110 valence electrons. The maximum atomic E-state index is 11.8. The lowest BCUT2D eigenvalue weighted by Crippen LogP contribution is -2.21. The van der Waals surface area contributed by atoms with Crippen LogP contribution in [0.25, 0.3) is 0 Å². The van der Waals surface area contributed by atoms with Crippen LogP contribution < -0.4 is 11.1 Å². The van der Waals surface area contributed by atoms with E-state index >= 15 is 0 Å². The minimum absolute atomic E-state index is 0.115. The fourth-order valence-corrected chi connectivity index (χ4v) is 2.59. The van der Waals surface area contributed by atoms with Crippen LogP contribution in [0.2, 0.25) is 0 Å². The van der Waals surface area contributed by atoms with Crippen molar-refractivity contribution in [1.82, 2.24) is 0 Å². The molecule has 0 aliphatic heterocycles. The summed E-state index contributed by atoms with van der Waals surface area (Å²) in [6.45, 7) is 2.75. The summed E-state index contributed by atoms with van der Waals surface area (Å²) < 4.78 is 5.52. The number of ether oxygens (including phenoxy) is 1. The summed E-state index contributed by atoms with van der Waals surface area (Å²) in [6, 6.07) is 5.52. The molecule has 0 bridgehead atoms. The molecule has 1 fully saturated rings. The Hall–Kier alpha value is -1.55. The number of carbonyl (C=O) groups is 1. The molecular weight excluding hydrogens is 252 g/mol. The standard InChI is InChI=1S/C16H24N2O2/c1-12-7-8-14(9-15(12)17)18-16(19)11-20-10-13-5-3-2-4-6-13/h7-9,13H,2-6,10-11,17H2,1H3,(H,18,19). The lowest BCUT2D eigenvalue weighted by atomic mass is 9.90. The van der Waals surface area contributed by atoms with Crippen LogP contribution in [0.5, 0.6) is 0 Å². The molecule has 1 aliphatic rings. The van der Waals surface area contributed by atoms with Crippen LogP contribution >= 0.6 is 0 Å². The number of aryl methyl sites for hydroxylation is 1. The van der Waals surface area contributed by atoms with Crippen LogP contribution in [-0.2, 0) is 9.53 Å². The van der Waals surface area contributed by atoms with Crippen LogP contribution in [0.3, 0.4) is 0 Å². The van der Waals surface area contributed by atoms with Crippen molar-refractivity contribution in [3.8, 4) is 0 Å². The van der Waals surface area contributed by atoms with Crippen LogP contribution in [0, 0.1) is 12.8 Å². The van der Waals surface area contributed by atoms with Crippen LogP contribution in [0.1, 0.15) is 37.7 Å². The zero-order chi connectivity index (χ0) is 14.4. The van der Waals surface area contributed by atoms with E-state index in [1.54, 1.807) is 6.07 Å². The van der Waals surface area contributed by atoms with E-state index in [9.17, 15) is 4.79 Å². The summed E-state index contributed by atoms with van der Waals surface area (Å²) in [5, 5.41) is 2.80. The van der Waals surface area contributed by atoms with Crippen LogP contribution in [-0.4, -0.2) is 19.1 Å². The van der Waals surface area contributed by atoms with Crippen molar-refractivity contribution in [2.45, 2.75) is 39.0 Å². The van der Waals surface area contributed by atoms with E-state index in [0.717, 1.165) is 11.3 Å². The molecule has 1 aliphatic carbocycles. The van der Waals surface area contributed by atoms with E-state index in [4.69, 9.17) is 10.5 Å². The highest BCUT2D eigenvalue weighted by Crippen LogP contribution is 2.23. The molecule has 4 heteroatoms.